The van der Waals surface area contributed by atoms with Crippen molar-refractivity contribution in [3.05, 3.63) is 36.0 Å². The molecule has 1 unspecified atom stereocenters. The van der Waals surface area contributed by atoms with Crippen molar-refractivity contribution < 1.29 is 14.3 Å². The maximum Gasteiger partial charge on any atom is 0.267 e. The second-order valence-corrected chi connectivity index (χ2v) is 5.54. The Morgan fingerprint density at radius 1 is 1.42 bits per heavy atom. The monoisotopic (exact) mass is 328 g/mol. The van der Waals surface area contributed by atoms with E-state index < -0.39 is 5.91 Å². The van der Waals surface area contributed by atoms with Gasteiger partial charge in [-0.25, -0.2) is 9.97 Å². The molecule has 0 radical (unpaired) electrons. The summed E-state index contributed by atoms with van der Waals surface area (Å²) in [6, 6.07) is 9.02. The average molecular weight is 328 g/mol. The number of rotatable bonds is 6. The molecule has 1 fully saturated rings. The van der Waals surface area contributed by atoms with Crippen LogP contribution in [0.4, 0.5) is 5.95 Å². The molecule has 1 aliphatic heterocycles. The second kappa shape index (κ2) is 7.27. The zero-order valence-corrected chi connectivity index (χ0v) is 13.5. The topological polar surface area (TPSA) is 99.4 Å². The van der Waals surface area contributed by atoms with E-state index in [0.717, 1.165) is 25.0 Å². The van der Waals surface area contributed by atoms with E-state index in [9.17, 15) is 4.79 Å². The smallest absolute Gasteiger partial charge is 0.267 e. The Bertz CT molecular complexity index is 730. The van der Waals surface area contributed by atoms with Crippen LogP contribution in [-0.4, -0.2) is 42.2 Å². The third-order valence-electron chi connectivity index (χ3n) is 3.87. The van der Waals surface area contributed by atoms with Gasteiger partial charge < -0.3 is 20.5 Å². The van der Waals surface area contributed by atoms with Crippen LogP contribution >= 0.6 is 0 Å². The first-order valence-corrected chi connectivity index (χ1v) is 7.85. The first-order chi connectivity index (χ1) is 11.7. The van der Waals surface area contributed by atoms with E-state index in [1.165, 1.54) is 0 Å². The van der Waals surface area contributed by atoms with Gasteiger partial charge in [0.1, 0.15) is 11.4 Å². The number of carbonyl (C=O) groups is 1. The van der Waals surface area contributed by atoms with Crippen molar-refractivity contribution in [1.82, 2.24) is 9.97 Å². The van der Waals surface area contributed by atoms with Crippen LogP contribution in [0.3, 0.4) is 0 Å². The summed E-state index contributed by atoms with van der Waals surface area (Å²) in [4.78, 5) is 20.3. The molecule has 1 amide bonds. The summed E-state index contributed by atoms with van der Waals surface area (Å²) >= 11 is 0. The highest BCUT2D eigenvalue weighted by Crippen LogP contribution is 2.29. The fourth-order valence-corrected chi connectivity index (χ4v) is 2.66. The van der Waals surface area contributed by atoms with Gasteiger partial charge in [-0.15, -0.1) is 0 Å². The van der Waals surface area contributed by atoms with Gasteiger partial charge in [-0.3, -0.25) is 4.79 Å². The van der Waals surface area contributed by atoms with E-state index in [1.807, 2.05) is 24.3 Å². The largest absolute Gasteiger partial charge is 0.496 e. The van der Waals surface area contributed by atoms with Crippen molar-refractivity contribution in [3.8, 4) is 17.0 Å². The number of para-hydroxylation sites is 1. The van der Waals surface area contributed by atoms with Gasteiger partial charge in [0.25, 0.3) is 5.91 Å². The van der Waals surface area contributed by atoms with Crippen LogP contribution in [0.15, 0.2) is 30.3 Å². The predicted octanol–water partition coefficient (Wildman–Crippen LogP) is 1.84. The van der Waals surface area contributed by atoms with Crippen LogP contribution in [0.5, 0.6) is 5.75 Å². The third kappa shape index (κ3) is 3.62. The number of amides is 1. The van der Waals surface area contributed by atoms with Crippen LogP contribution in [-0.2, 0) is 4.74 Å². The van der Waals surface area contributed by atoms with Crippen molar-refractivity contribution in [2.75, 3.05) is 25.6 Å². The van der Waals surface area contributed by atoms with Crippen molar-refractivity contribution in [3.63, 3.8) is 0 Å². The molecule has 0 spiro atoms. The zero-order valence-electron chi connectivity index (χ0n) is 13.5. The number of carbonyl (C=O) groups excluding carboxylic acids is 1. The molecule has 3 N–H and O–H groups in total. The number of anilines is 1. The molecule has 2 heterocycles. The van der Waals surface area contributed by atoms with Crippen LogP contribution in [0, 0.1) is 0 Å². The highest BCUT2D eigenvalue weighted by atomic mass is 16.5. The number of hydrogen-bond acceptors (Lipinski definition) is 6. The van der Waals surface area contributed by atoms with Crippen molar-refractivity contribution in [2.45, 2.75) is 18.9 Å². The molecular formula is C17H20N4O3. The molecule has 1 atom stereocenters. The lowest BCUT2D eigenvalue weighted by Crippen LogP contribution is -2.21. The summed E-state index contributed by atoms with van der Waals surface area (Å²) < 4.78 is 10.9. The minimum Gasteiger partial charge on any atom is -0.496 e. The van der Waals surface area contributed by atoms with Crippen LogP contribution in [0.1, 0.15) is 23.3 Å². The summed E-state index contributed by atoms with van der Waals surface area (Å²) in [7, 11) is 1.59. The molecule has 126 valence electrons. The maximum atomic E-state index is 11.6. The van der Waals surface area contributed by atoms with Crippen molar-refractivity contribution in [1.29, 1.82) is 0 Å². The molecule has 0 aliphatic carbocycles. The van der Waals surface area contributed by atoms with E-state index in [4.69, 9.17) is 15.2 Å². The summed E-state index contributed by atoms with van der Waals surface area (Å²) in [5, 5.41) is 3.13. The fraction of sp³-hybridized carbons (Fsp3) is 0.353. The number of nitrogens with zero attached hydrogens (tertiary/aromatic N) is 2. The Hall–Kier alpha value is -2.67. The predicted molar refractivity (Wildman–Crippen MR) is 90.0 cm³/mol. The number of ether oxygens (including phenoxy) is 2. The summed E-state index contributed by atoms with van der Waals surface area (Å²) in [5.41, 5.74) is 6.90. The number of primary amides is 1. The Balaban J connectivity index is 1.91. The molecule has 24 heavy (non-hydrogen) atoms. The zero-order chi connectivity index (χ0) is 16.9. The fourth-order valence-electron chi connectivity index (χ4n) is 2.66. The molecule has 1 aliphatic rings. The first-order valence-electron chi connectivity index (χ1n) is 7.85. The van der Waals surface area contributed by atoms with E-state index in [2.05, 4.69) is 15.3 Å². The Kier molecular flexibility index (Phi) is 4.90. The molecule has 2 aromatic rings. The van der Waals surface area contributed by atoms with Gasteiger partial charge in [0.2, 0.25) is 5.95 Å². The Labute approximate surface area is 140 Å². The Morgan fingerprint density at radius 2 is 2.25 bits per heavy atom. The highest BCUT2D eigenvalue weighted by Gasteiger charge is 2.17. The molecule has 1 aromatic carbocycles. The number of nitrogens with one attached hydrogen (secondary N) is 1. The van der Waals surface area contributed by atoms with Crippen molar-refractivity contribution >= 4 is 11.9 Å². The average Bonchev–Trinajstić information content (AvgIpc) is 3.13. The van der Waals surface area contributed by atoms with Crippen LogP contribution < -0.4 is 15.8 Å². The van der Waals surface area contributed by atoms with Gasteiger partial charge in [0, 0.05) is 18.7 Å². The number of methoxy groups -OCH3 is 1. The highest BCUT2D eigenvalue weighted by molar-refractivity contribution is 5.92. The van der Waals surface area contributed by atoms with Gasteiger partial charge >= 0.3 is 0 Å². The van der Waals surface area contributed by atoms with Crippen LogP contribution in [0.25, 0.3) is 11.3 Å². The molecular weight excluding hydrogens is 308 g/mol. The number of nitrogens with two attached hydrogens (primary N) is 1. The van der Waals surface area contributed by atoms with Gasteiger partial charge in [0.05, 0.1) is 18.9 Å². The lowest BCUT2D eigenvalue weighted by Gasteiger charge is -2.13. The summed E-state index contributed by atoms with van der Waals surface area (Å²) in [5.74, 6) is 0.410. The lowest BCUT2D eigenvalue weighted by molar-refractivity contribution is 0.0995. The standard InChI is InChI=1S/C17H20N4O3/c1-23-15-7-3-2-6-12(15)13-9-14(16(18)22)21-17(20-13)19-10-11-5-4-8-24-11/h2-3,6-7,9,11H,4-5,8,10H2,1H3,(H2,18,22)(H,19,20,21). The molecule has 1 aromatic heterocycles. The molecule has 3 rings (SSSR count). The second-order valence-electron chi connectivity index (χ2n) is 5.54. The molecule has 7 nitrogen and oxygen atoms in total. The minimum absolute atomic E-state index is 0.139. The summed E-state index contributed by atoms with van der Waals surface area (Å²) in [6.07, 6.45) is 2.20. The van der Waals surface area contributed by atoms with Gasteiger partial charge in [-0.2, -0.15) is 0 Å². The van der Waals surface area contributed by atoms with Gasteiger partial charge in [-0.05, 0) is 31.0 Å². The lowest BCUT2D eigenvalue weighted by atomic mass is 10.1. The van der Waals surface area contributed by atoms with Gasteiger partial charge in [-0.1, -0.05) is 12.1 Å². The normalized spacial score (nSPS) is 16.8. The summed E-state index contributed by atoms with van der Waals surface area (Å²) in [6.45, 7) is 1.37. The van der Waals surface area contributed by atoms with E-state index in [-0.39, 0.29) is 11.8 Å². The Morgan fingerprint density at radius 3 is 2.96 bits per heavy atom. The quantitative estimate of drug-likeness (QED) is 0.839. The SMILES string of the molecule is COc1ccccc1-c1cc(C(N)=O)nc(NCC2CCCO2)n1. The number of hydrogen-bond donors (Lipinski definition) is 2. The molecule has 0 bridgehead atoms. The molecule has 1 saturated heterocycles. The van der Waals surface area contributed by atoms with Crippen LogP contribution in [0.2, 0.25) is 0 Å². The minimum atomic E-state index is -0.603. The molecule has 7 heteroatoms. The van der Waals surface area contributed by atoms with E-state index in [0.29, 0.717) is 23.9 Å². The van der Waals surface area contributed by atoms with Gasteiger partial charge in [0.15, 0.2) is 0 Å². The van der Waals surface area contributed by atoms with E-state index >= 15 is 0 Å². The molecule has 0 saturated carbocycles. The number of benzene rings is 1. The maximum absolute atomic E-state index is 11.6. The third-order valence-corrected chi connectivity index (χ3v) is 3.87. The first kappa shape index (κ1) is 16.2. The van der Waals surface area contributed by atoms with Crippen molar-refractivity contribution in [2.24, 2.45) is 5.73 Å². The van der Waals surface area contributed by atoms with E-state index in [1.54, 1.807) is 13.2 Å². The number of aromatic nitrogens is 2.